The normalized spacial score (nSPS) is 36.4. The summed E-state index contributed by atoms with van der Waals surface area (Å²) in [6, 6.07) is 0. The predicted molar refractivity (Wildman–Crippen MR) is 32.5 cm³/mol. The Morgan fingerprint density at radius 2 is 2.38 bits per heavy atom. The fraction of sp³-hybridized carbons (Fsp3) is 0.400. The van der Waals surface area contributed by atoms with E-state index < -0.39 is 7.14 Å². The van der Waals surface area contributed by atoms with Crippen molar-refractivity contribution in [2.45, 2.75) is 0 Å². The minimum atomic E-state index is -2.13. The number of allylic oxidation sites excluding steroid dienone is 1. The Morgan fingerprint density at radius 1 is 1.75 bits per heavy atom. The van der Waals surface area contributed by atoms with E-state index in [9.17, 15) is 9.36 Å². The van der Waals surface area contributed by atoms with Crippen LogP contribution in [-0.4, -0.2) is 18.6 Å². The molecule has 0 amide bonds. The summed E-state index contributed by atoms with van der Waals surface area (Å²) in [5.41, 5.74) is 0. The highest BCUT2D eigenvalue weighted by Gasteiger charge is 2.20. The van der Waals surface area contributed by atoms with Crippen molar-refractivity contribution in [3.05, 3.63) is 11.9 Å². The molecule has 0 saturated carbocycles. The Kier molecular flexibility index (Phi) is 1.12. The van der Waals surface area contributed by atoms with Crippen molar-refractivity contribution >= 4 is 12.9 Å². The molecule has 1 atom stereocenters. The average Bonchev–Trinajstić information content (AvgIpc) is 1.82. The third kappa shape index (κ3) is 1.07. The van der Waals surface area contributed by atoms with Crippen molar-refractivity contribution in [1.29, 1.82) is 0 Å². The zero-order valence-corrected chi connectivity index (χ0v) is 5.52. The fourth-order valence-corrected chi connectivity index (χ4v) is 1.97. The summed E-state index contributed by atoms with van der Waals surface area (Å²) in [4.78, 5) is 10.4. The summed E-state index contributed by atoms with van der Waals surface area (Å²) >= 11 is 0. The van der Waals surface area contributed by atoms with Crippen molar-refractivity contribution in [1.82, 2.24) is 0 Å². The number of hydrogen-bond donors (Lipinski definition) is 0. The van der Waals surface area contributed by atoms with Gasteiger partial charge in [0.15, 0.2) is 5.78 Å². The zero-order chi connectivity index (χ0) is 6.20. The third-order valence-electron chi connectivity index (χ3n) is 1.05. The Morgan fingerprint density at radius 3 is 2.50 bits per heavy atom. The van der Waals surface area contributed by atoms with Gasteiger partial charge in [0.2, 0.25) is 0 Å². The summed E-state index contributed by atoms with van der Waals surface area (Å²) in [6.45, 7) is 1.62. The van der Waals surface area contributed by atoms with Gasteiger partial charge < -0.3 is 4.57 Å². The minimum Gasteiger partial charge on any atom is -0.319 e. The molecular formula is C5H7O2P. The van der Waals surface area contributed by atoms with E-state index in [2.05, 4.69) is 0 Å². The van der Waals surface area contributed by atoms with Crippen molar-refractivity contribution in [2.75, 3.05) is 12.8 Å². The first-order chi connectivity index (χ1) is 3.60. The lowest BCUT2D eigenvalue weighted by Gasteiger charge is -1.93. The second kappa shape index (κ2) is 1.56. The molecule has 0 aliphatic carbocycles. The summed E-state index contributed by atoms with van der Waals surface area (Å²) < 4.78 is 10.9. The number of hydrogen-bond acceptors (Lipinski definition) is 2. The molecule has 1 aliphatic heterocycles. The highest BCUT2D eigenvalue weighted by molar-refractivity contribution is 7.67. The second-order valence-electron chi connectivity index (χ2n) is 2.11. The largest absolute Gasteiger partial charge is 0.319 e. The topological polar surface area (TPSA) is 34.1 Å². The van der Waals surface area contributed by atoms with Gasteiger partial charge in [-0.3, -0.25) is 4.79 Å². The van der Waals surface area contributed by atoms with E-state index in [0.29, 0.717) is 0 Å². The SMILES string of the molecule is CP1(=O)C=CC(=O)C1. The van der Waals surface area contributed by atoms with E-state index in [1.165, 1.54) is 11.9 Å². The lowest BCUT2D eigenvalue weighted by atomic mass is 10.5. The maximum Gasteiger partial charge on any atom is 0.163 e. The van der Waals surface area contributed by atoms with Gasteiger partial charge in [-0.25, -0.2) is 0 Å². The van der Waals surface area contributed by atoms with Crippen LogP contribution in [0.25, 0.3) is 0 Å². The van der Waals surface area contributed by atoms with Gasteiger partial charge in [-0.05, 0) is 18.6 Å². The number of carbonyl (C=O) groups excluding carboxylic acids is 1. The third-order valence-corrected chi connectivity index (χ3v) is 2.76. The molecule has 0 spiro atoms. The fourth-order valence-electron chi connectivity index (χ4n) is 0.656. The van der Waals surface area contributed by atoms with Crippen molar-refractivity contribution < 1.29 is 9.36 Å². The molecular weight excluding hydrogens is 123 g/mol. The monoisotopic (exact) mass is 130 g/mol. The molecule has 0 fully saturated rings. The molecule has 1 rings (SSSR count). The van der Waals surface area contributed by atoms with Crippen LogP contribution in [0.3, 0.4) is 0 Å². The smallest absolute Gasteiger partial charge is 0.163 e. The van der Waals surface area contributed by atoms with Gasteiger partial charge in [0.05, 0.1) is 6.16 Å². The van der Waals surface area contributed by atoms with Gasteiger partial charge >= 0.3 is 0 Å². The second-order valence-corrected chi connectivity index (χ2v) is 5.08. The minimum absolute atomic E-state index is 0.00386. The standard InChI is InChI=1S/C5H7O2P/c1-8(7)3-2-5(6)4-8/h2-3H,4H2,1H3. The van der Waals surface area contributed by atoms with E-state index in [1.54, 1.807) is 6.66 Å². The van der Waals surface area contributed by atoms with Crippen molar-refractivity contribution in [3.8, 4) is 0 Å². The molecule has 1 aliphatic rings. The molecule has 1 unspecified atom stereocenters. The quantitative estimate of drug-likeness (QED) is 0.459. The molecule has 0 N–H and O–H groups in total. The van der Waals surface area contributed by atoms with Crippen LogP contribution in [0.5, 0.6) is 0 Å². The highest BCUT2D eigenvalue weighted by Crippen LogP contribution is 2.46. The maximum absolute atomic E-state index is 10.9. The molecule has 0 aromatic heterocycles. The van der Waals surface area contributed by atoms with Crippen LogP contribution in [0, 0.1) is 0 Å². The molecule has 44 valence electrons. The van der Waals surface area contributed by atoms with Gasteiger partial charge in [0.1, 0.15) is 7.14 Å². The lowest BCUT2D eigenvalue weighted by Crippen LogP contribution is -1.91. The molecule has 0 bridgehead atoms. The molecule has 8 heavy (non-hydrogen) atoms. The highest BCUT2D eigenvalue weighted by atomic mass is 31.2. The number of rotatable bonds is 0. The Balaban J connectivity index is 2.88. The van der Waals surface area contributed by atoms with Crippen LogP contribution in [0.15, 0.2) is 11.9 Å². The first-order valence-corrected chi connectivity index (χ1v) is 4.79. The summed E-state index contributed by atoms with van der Waals surface area (Å²) in [5, 5.41) is 0. The first kappa shape index (κ1) is 5.77. The number of carbonyl (C=O) groups is 1. The molecule has 1 heterocycles. The molecule has 2 nitrogen and oxygen atoms in total. The summed E-state index contributed by atoms with van der Waals surface area (Å²) in [5.74, 6) is 1.52. The van der Waals surface area contributed by atoms with Crippen LogP contribution < -0.4 is 0 Å². The zero-order valence-electron chi connectivity index (χ0n) is 4.63. The van der Waals surface area contributed by atoms with Crippen molar-refractivity contribution in [2.24, 2.45) is 0 Å². The summed E-state index contributed by atoms with van der Waals surface area (Å²) in [7, 11) is -2.13. The molecule has 0 saturated heterocycles. The predicted octanol–water partition coefficient (Wildman–Crippen LogP) is 1.08. The molecule has 0 aromatic rings. The van der Waals surface area contributed by atoms with E-state index in [1.807, 2.05) is 0 Å². The van der Waals surface area contributed by atoms with E-state index in [4.69, 9.17) is 0 Å². The number of ketones is 1. The van der Waals surface area contributed by atoms with Crippen LogP contribution in [0.2, 0.25) is 0 Å². The summed E-state index contributed by atoms with van der Waals surface area (Å²) in [6.07, 6.45) is 1.65. The van der Waals surface area contributed by atoms with Gasteiger partial charge in [0, 0.05) is 0 Å². The van der Waals surface area contributed by atoms with Crippen LogP contribution in [0.1, 0.15) is 0 Å². The van der Waals surface area contributed by atoms with E-state index in [0.717, 1.165) is 0 Å². The van der Waals surface area contributed by atoms with E-state index >= 15 is 0 Å². The van der Waals surface area contributed by atoms with Gasteiger partial charge in [-0.2, -0.15) is 0 Å². The van der Waals surface area contributed by atoms with Crippen LogP contribution in [0.4, 0.5) is 0 Å². The first-order valence-electron chi connectivity index (χ1n) is 2.38. The molecule has 3 heteroatoms. The van der Waals surface area contributed by atoms with Gasteiger partial charge in [0.25, 0.3) is 0 Å². The average molecular weight is 130 g/mol. The van der Waals surface area contributed by atoms with Crippen molar-refractivity contribution in [3.63, 3.8) is 0 Å². The van der Waals surface area contributed by atoms with E-state index in [-0.39, 0.29) is 11.9 Å². The lowest BCUT2D eigenvalue weighted by molar-refractivity contribution is -0.112. The van der Waals surface area contributed by atoms with Crippen LogP contribution in [-0.2, 0) is 9.36 Å². The Bertz CT molecular complexity index is 193. The Labute approximate surface area is 48.0 Å². The molecule has 0 radical (unpaired) electrons. The Hall–Kier alpha value is -0.360. The maximum atomic E-state index is 10.9. The van der Waals surface area contributed by atoms with Gasteiger partial charge in [-0.15, -0.1) is 0 Å². The van der Waals surface area contributed by atoms with Crippen LogP contribution >= 0.6 is 7.14 Å². The molecule has 0 aromatic carbocycles. The van der Waals surface area contributed by atoms with Gasteiger partial charge in [-0.1, -0.05) is 0 Å².